The lowest BCUT2D eigenvalue weighted by atomic mass is 10.1. The number of nitrogens with zero attached hydrogens (tertiary/aromatic N) is 2. The van der Waals surface area contributed by atoms with Gasteiger partial charge in [-0.15, -0.1) is 0 Å². The van der Waals surface area contributed by atoms with Gasteiger partial charge in [-0.25, -0.2) is 0 Å². The molecule has 0 unspecified atom stereocenters. The Kier molecular flexibility index (Phi) is 4.75. The maximum absolute atomic E-state index is 11.0. The molecule has 0 saturated carbocycles. The molecule has 0 heterocycles. The molecule has 0 aliphatic heterocycles. The van der Waals surface area contributed by atoms with Gasteiger partial charge in [0.25, 0.3) is 5.69 Å². The van der Waals surface area contributed by atoms with E-state index in [1.165, 1.54) is 6.07 Å². The number of rotatable bonds is 5. The van der Waals surface area contributed by atoms with Gasteiger partial charge in [-0.3, -0.25) is 10.1 Å². The highest BCUT2D eigenvalue weighted by atomic mass is 35.5. The SMILES string of the molecule is N#Cc1ccc(NCCc2ccc(Cl)cc2)c([N+](=O)[O-])c1. The van der Waals surface area contributed by atoms with Crippen LogP contribution in [-0.4, -0.2) is 11.5 Å². The summed E-state index contributed by atoms with van der Waals surface area (Å²) in [6, 6.07) is 13.7. The Bertz CT molecular complexity index is 693. The molecule has 2 aromatic rings. The Labute approximate surface area is 126 Å². The molecule has 0 aromatic heterocycles. The topological polar surface area (TPSA) is 79.0 Å². The van der Waals surface area contributed by atoms with E-state index in [2.05, 4.69) is 5.32 Å². The van der Waals surface area contributed by atoms with Crippen LogP contribution in [0, 0.1) is 21.4 Å². The van der Waals surface area contributed by atoms with Crippen LogP contribution in [0.5, 0.6) is 0 Å². The Morgan fingerprint density at radius 2 is 1.95 bits per heavy atom. The first-order valence-electron chi connectivity index (χ1n) is 6.27. The second-order valence-electron chi connectivity index (χ2n) is 4.40. The zero-order valence-electron chi connectivity index (χ0n) is 11.0. The summed E-state index contributed by atoms with van der Waals surface area (Å²) in [4.78, 5) is 10.5. The molecule has 2 aromatic carbocycles. The van der Waals surface area contributed by atoms with Gasteiger partial charge >= 0.3 is 0 Å². The van der Waals surface area contributed by atoms with E-state index in [1.807, 2.05) is 18.2 Å². The van der Waals surface area contributed by atoms with E-state index in [0.29, 0.717) is 23.7 Å². The van der Waals surface area contributed by atoms with E-state index in [4.69, 9.17) is 16.9 Å². The fourth-order valence-corrected chi connectivity index (χ4v) is 2.02. The summed E-state index contributed by atoms with van der Waals surface area (Å²) < 4.78 is 0. The van der Waals surface area contributed by atoms with Crippen molar-refractivity contribution in [3.05, 3.63) is 68.7 Å². The van der Waals surface area contributed by atoms with Crippen molar-refractivity contribution < 1.29 is 4.92 Å². The van der Waals surface area contributed by atoms with Crippen LogP contribution < -0.4 is 5.32 Å². The standard InChI is InChI=1S/C15H12ClN3O2/c16-13-4-1-11(2-5-13)7-8-18-14-6-3-12(10-17)9-15(14)19(20)21/h1-6,9,18H,7-8H2. The minimum absolute atomic E-state index is 0.0924. The summed E-state index contributed by atoms with van der Waals surface area (Å²) in [5.41, 5.74) is 1.67. The molecule has 6 heteroatoms. The Morgan fingerprint density at radius 1 is 1.24 bits per heavy atom. The summed E-state index contributed by atoms with van der Waals surface area (Å²) in [6.07, 6.45) is 0.717. The maximum atomic E-state index is 11.0. The third kappa shape index (κ3) is 3.94. The van der Waals surface area contributed by atoms with Crippen molar-refractivity contribution in [3.8, 4) is 6.07 Å². The minimum atomic E-state index is -0.495. The first-order valence-corrected chi connectivity index (χ1v) is 6.65. The Morgan fingerprint density at radius 3 is 2.57 bits per heavy atom. The molecule has 0 aliphatic carbocycles. The Hall–Kier alpha value is -2.58. The van der Waals surface area contributed by atoms with Crippen LogP contribution in [-0.2, 0) is 6.42 Å². The Balaban J connectivity index is 2.04. The molecule has 106 valence electrons. The normalized spacial score (nSPS) is 9.90. The maximum Gasteiger partial charge on any atom is 0.293 e. The number of hydrogen-bond acceptors (Lipinski definition) is 4. The van der Waals surface area contributed by atoms with Crippen LogP contribution in [0.4, 0.5) is 11.4 Å². The summed E-state index contributed by atoms with van der Waals surface area (Å²) >= 11 is 5.81. The molecule has 1 N–H and O–H groups in total. The molecular formula is C15H12ClN3O2. The van der Waals surface area contributed by atoms with Gasteiger partial charge in [0.2, 0.25) is 0 Å². The van der Waals surface area contributed by atoms with Crippen LogP contribution in [0.15, 0.2) is 42.5 Å². The van der Waals surface area contributed by atoms with Crippen molar-refractivity contribution >= 4 is 23.0 Å². The van der Waals surface area contributed by atoms with Gasteiger partial charge in [0.1, 0.15) is 5.69 Å². The van der Waals surface area contributed by atoms with Gasteiger partial charge < -0.3 is 5.32 Å². The van der Waals surface area contributed by atoms with Gasteiger partial charge in [0, 0.05) is 17.6 Å². The van der Waals surface area contributed by atoms with E-state index in [0.717, 1.165) is 5.56 Å². The van der Waals surface area contributed by atoms with Crippen molar-refractivity contribution in [2.24, 2.45) is 0 Å². The van der Waals surface area contributed by atoms with Crippen molar-refractivity contribution in [2.45, 2.75) is 6.42 Å². The lowest BCUT2D eigenvalue weighted by Crippen LogP contribution is -2.07. The van der Waals surface area contributed by atoms with E-state index in [1.54, 1.807) is 24.3 Å². The van der Waals surface area contributed by atoms with Crippen LogP contribution in [0.2, 0.25) is 5.02 Å². The van der Waals surface area contributed by atoms with Crippen molar-refractivity contribution in [1.29, 1.82) is 5.26 Å². The van der Waals surface area contributed by atoms with Crippen LogP contribution in [0.1, 0.15) is 11.1 Å². The first kappa shape index (κ1) is 14.8. The molecular weight excluding hydrogens is 290 g/mol. The molecule has 2 rings (SSSR count). The zero-order chi connectivity index (χ0) is 15.2. The molecule has 0 saturated heterocycles. The molecule has 0 bridgehead atoms. The predicted octanol–water partition coefficient (Wildman–Crippen LogP) is 3.77. The number of hydrogen-bond donors (Lipinski definition) is 1. The molecule has 5 nitrogen and oxygen atoms in total. The van der Waals surface area contributed by atoms with Gasteiger partial charge in [-0.1, -0.05) is 23.7 Å². The third-order valence-electron chi connectivity index (χ3n) is 2.97. The fraction of sp³-hybridized carbons (Fsp3) is 0.133. The lowest BCUT2D eigenvalue weighted by molar-refractivity contribution is -0.384. The summed E-state index contributed by atoms with van der Waals surface area (Å²) in [7, 11) is 0. The van der Waals surface area contributed by atoms with E-state index < -0.39 is 4.92 Å². The average Bonchev–Trinajstić information content (AvgIpc) is 2.49. The first-order chi connectivity index (χ1) is 10.1. The number of nitrogens with one attached hydrogen (secondary N) is 1. The van der Waals surface area contributed by atoms with Crippen molar-refractivity contribution in [1.82, 2.24) is 0 Å². The quantitative estimate of drug-likeness (QED) is 0.673. The van der Waals surface area contributed by atoms with Crippen LogP contribution in [0.3, 0.4) is 0 Å². The molecule has 0 amide bonds. The smallest absolute Gasteiger partial charge is 0.293 e. The number of nitro groups is 1. The highest BCUT2D eigenvalue weighted by molar-refractivity contribution is 6.30. The monoisotopic (exact) mass is 301 g/mol. The average molecular weight is 302 g/mol. The molecule has 0 fully saturated rings. The van der Waals surface area contributed by atoms with E-state index in [9.17, 15) is 10.1 Å². The zero-order valence-corrected chi connectivity index (χ0v) is 11.8. The van der Waals surface area contributed by atoms with Gasteiger partial charge in [0.15, 0.2) is 0 Å². The molecule has 0 spiro atoms. The molecule has 0 radical (unpaired) electrons. The number of benzene rings is 2. The van der Waals surface area contributed by atoms with Crippen LogP contribution >= 0.6 is 11.6 Å². The largest absolute Gasteiger partial charge is 0.379 e. The molecule has 21 heavy (non-hydrogen) atoms. The van der Waals surface area contributed by atoms with Crippen LogP contribution in [0.25, 0.3) is 0 Å². The number of nitriles is 1. The third-order valence-corrected chi connectivity index (χ3v) is 3.22. The van der Waals surface area contributed by atoms with E-state index >= 15 is 0 Å². The second kappa shape index (κ2) is 6.73. The fourth-order valence-electron chi connectivity index (χ4n) is 1.89. The second-order valence-corrected chi connectivity index (χ2v) is 4.84. The summed E-state index contributed by atoms with van der Waals surface area (Å²) in [5.74, 6) is 0. The highest BCUT2D eigenvalue weighted by Crippen LogP contribution is 2.25. The molecule has 0 aliphatic rings. The lowest BCUT2D eigenvalue weighted by Gasteiger charge is -2.07. The minimum Gasteiger partial charge on any atom is -0.379 e. The number of halogens is 1. The summed E-state index contributed by atoms with van der Waals surface area (Å²) in [5, 5.41) is 23.5. The van der Waals surface area contributed by atoms with Crippen molar-refractivity contribution in [2.75, 3.05) is 11.9 Å². The predicted molar refractivity (Wildman–Crippen MR) is 81.5 cm³/mol. The van der Waals surface area contributed by atoms with E-state index in [-0.39, 0.29) is 11.3 Å². The van der Waals surface area contributed by atoms with Gasteiger partial charge in [-0.05, 0) is 36.2 Å². The summed E-state index contributed by atoms with van der Waals surface area (Å²) in [6.45, 7) is 0.550. The van der Waals surface area contributed by atoms with Gasteiger partial charge in [-0.2, -0.15) is 5.26 Å². The number of anilines is 1. The molecule has 0 atom stereocenters. The van der Waals surface area contributed by atoms with Gasteiger partial charge in [0.05, 0.1) is 16.6 Å². The van der Waals surface area contributed by atoms with Crippen molar-refractivity contribution in [3.63, 3.8) is 0 Å². The highest BCUT2D eigenvalue weighted by Gasteiger charge is 2.14. The number of nitro benzene ring substituents is 1.